The summed E-state index contributed by atoms with van der Waals surface area (Å²) in [5.74, 6) is 2.53. The minimum atomic E-state index is 0.264. The van der Waals surface area contributed by atoms with Crippen LogP contribution in [-0.4, -0.2) is 21.9 Å². The molecular formula is C19H20ClN3OS. The van der Waals surface area contributed by atoms with E-state index in [0.29, 0.717) is 0 Å². The summed E-state index contributed by atoms with van der Waals surface area (Å²) in [6, 6.07) is 16.1. The van der Waals surface area contributed by atoms with Gasteiger partial charge < -0.3 is 4.74 Å². The molecule has 6 heteroatoms. The molecule has 0 unspecified atom stereocenters. The highest BCUT2D eigenvalue weighted by Crippen LogP contribution is 2.30. The van der Waals surface area contributed by atoms with Crippen LogP contribution >= 0.6 is 23.4 Å². The fourth-order valence-corrected chi connectivity index (χ4v) is 3.66. The molecule has 4 nitrogen and oxygen atoms in total. The van der Waals surface area contributed by atoms with Gasteiger partial charge in [0, 0.05) is 22.4 Å². The molecule has 0 radical (unpaired) electrons. The van der Waals surface area contributed by atoms with Crippen molar-refractivity contribution < 1.29 is 4.74 Å². The first kappa shape index (κ1) is 17.8. The van der Waals surface area contributed by atoms with Crippen molar-refractivity contribution in [2.45, 2.75) is 30.8 Å². The summed E-state index contributed by atoms with van der Waals surface area (Å²) in [4.78, 5) is 0. The summed E-state index contributed by atoms with van der Waals surface area (Å²) in [6.07, 6.45) is 0. The molecule has 3 rings (SSSR count). The van der Waals surface area contributed by atoms with Crippen molar-refractivity contribution in [2.75, 3.05) is 7.11 Å². The Hall–Kier alpha value is -1.98. The van der Waals surface area contributed by atoms with Crippen LogP contribution in [0.1, 0.15) is 25.5 Å². The SMILES string of the molecule is COc1ccc(-c2nnc(SCc3ccc(Cl)cc3)n2C(C)C)cc1. The molecule has 2 aromatic carbocycles. The minimum Gasteiger partial charge on any atom is -0.497 e. The van der Waals surface area contributed by atoms with E-state index in [1.165, 1.54) is 5.56 Å². The maximum absolute atomic E-state index is 5.95. The third-order valence-corrected chi connectivity index (χ3v) is 5.08. The molecule has 0 amide bonds. The molecule has 1 aromatic heterocycles. The molecule has 3 aromatic rings. The zero-order valence-electron chi connectivity index (χ0n) is 14.4. The molecule has 0 atom stereocenters. The van der Waals surface area contributed by atoms with E-state index in [2.05, 4.69) is 28.6 Å². The minimum absolute atomic E-state index is 0.264. The first-order valence-corrected chi connectivity index (χ1v) is 9.41. The molecule has 130 valence electrons. The first-order valence-electron chi connectivity index (χ1n) is 8.05. The van der Waals surface area contributed by atoms with Crippen LogP contribution in [0.15, 0.2) is 53.7 Å². The van der Waals surface area contributed by atoms with Gasteiger partial charge in [-0.25, -0.2) is 0 Å². The third kappa shape index (κ3) is 4.17. The number of hydrogen-bond acceptors (Lipinski definition) is 4. The topological polar surface area (TPSA) is 39.9 Å². The summed E-state index contributed by atoms with van der Waals surface area (Å²) in [5, 5.41) is 10.5. The number of aromatic nitrogens is 3. The lowest BCUT2D eigenvalue weighted by Crippen LogP contribution is -2.05. The Labute approximate surface area is 157 Å². The average molecular weight is 374 g/mol. The molecule has 0 saturated heterocycles. The van der Waals surface area contributed by atoms with E-state index in [4.69, 9.17) is 16.3 Å². The van der Waals surface area contributed by atoms with Crippen LogP contribution in [0, 0.1) is 0 Å². The van der Waals surface area contributed by atoms with Crippen molar-refractivity contribution in [3.05, 3.63) is 59.1 Å². The maximum atomic E-state index is 5.95. The highest BCUT2D eigenvalue weighted by Gasteiger charge is 2.17. The molecule has 0 aliphatic rings. The van der Waals surface area contributed by atoms with Gasteiger partial charge in [0.15, 0.2) is 11.0 Å². The van der Waals surface area contributed by atoms with E-state index in [1.807, 2.05) is 48.5 Å². The summed E-state index contributed by atoms with van der Waals surface area (Å²) < 4.78 is 7.40. The Morgan fingerprint density at radius 1 is 1.04 bits per heavy atom. The van der Waals surface area contributed by atoms with Gasteiger partial charge in [0.05, 0.1) is 7.11 Å². The van der Waals surface area contributed by atoms with Crippen molar-refractivity contribution >= 4 is 23.4 Å². The molecule has 1 heterocycles. The average Bonchev–Trinajstić information content (AvgIpc) is 3.05. The summed E-state index contributed by atoms with van der Waals surface area (Å²) in [6.45, 7) is 4.28. The van der Waals surface area contributed by atoms with Gasteiger partial charge in [-0.1, -0.05) is 35.5 Å². The molecular weight excluding hydrogens is 354 g/mol. The van der Waals surface area contributed by atoms with E-state index in [-0.39, 0.29) is 6.04 Å². The molecule has 0 aliphatic heterocycles. The Kier molecular flexibility index (Phi) is 5.66. The highest BCUT2D eigenvalue weighted by atomic mass is 35.5. The highest BCUT2D eigenvalue weighted by molar-refractivity contribution is 7.98. The van der Waals surface area contributed by atoms with Crippen molar-refractivity contribution in [2.24, 2.45) is 0 Å². The monoisotopic (exact) mass is 373 g/mol. The number of rotatable bonds is 6. The van der Waals surface area contributed by atoms with Gasteiger partial charge in [-0.2, -0.15) is 0 Å². The van der Waals surface area contributed by atoms with Crippen LogP contribution in [0.2, 0.25) is 5.02 Å². The van der Waals surface area contributed by atoms with E-state index < -0.39 is 0 Å². The van der Waals surface area contributed by atoms with Crippen LogP contribution in [0.3, 0.4) is 0 Å². The molecule has 25 heavy (non-hydrogen) atoms. The number of hydrogen-bond donors (Lipinski definition) is 0. The van der Waals surface area contributed by atoms with Crippen molar-refractivity contribution in [1.29, 1.82) is 0 Å². The summed E-state index contributed by atoms with van der Waals surface area (Å²) in [7, 11) is 1.66. The normalized spacial score (nSPS) is 11.1. The van der Waals surface area contributed by atoms with Crippen LogP contribution in [0.5, 0.6) is 5.75 Å². The lowest BCUT2D eigenvalue weighted by atomic mass is 10.2. The van der Waals surface area contributed by atoms with Gasteiger partial charge >= 0.3 is 0 Å². The zero-order chi connectivity index (χ0) is 17.8. The number of methoxy groups -OCH3 is 1. The largest absolute Gasteiger partial charge is 0.497 e. The van der Waals surface area contributed by atoms with Gasteiger partial charge in [0.25, 0.3) is 0 Å². The first-order chi connectivity index (χ1) is 12.1. The van der Waals surface area contributed by atoms with Gasteiger partial charge in [-0.3, -0.25) is 4.57 Å². The van der Waals surface area contributed by atoms with Crippen LogP contribution in [-0.2, 0) is 5.75 Å². The molecule has 0 saturated carbocycles. The lowest BCUT2D eigenvalue weighted by molar-refractivity contribution is 0.415. The van der Waals surface area contributed by atoms with Crippen molar-refractivity contribution in [3.8, 4) is 17.1 Å². The number of thioether (sulfide) groups is 1. The van der Waals surface area contributed by atoms with Gasteiger partial charge in [0.1, 0.15) is 5.75 Å². The second-order valence-electron chi connectivity index (χ2n) is 5.91. The fraction of sp³-hybridized carbons (Fsp3) is 0.263. The Bertz CT molecular complexity index is 829. The lowest BCUT2D eigenvalue weighted by Gasteiger charge is -2.14. The summed E-state index contributed by atoms with van der Waals surface area (Å²) >= 11 is 7.63. The van der Waals surface area contributed by atoms with Gasteiger partial charge in [0.2, 0.25) is 0 Å². The van der Waals surface area contributed by atoms with E-state index in [0.717, 1.165) is 33.1 Å². The Morgan fingerprint density at radius 3 is 2.32 bits per heavy atom. The van der Waals surface area contributed by atoms with Gasteiger partial charge in [-0.05, 0) is 55.8 Å². The molecule has 0 aliphatic carbocycles. The number of benzene rings is 2. The number of ether oxygens (including phenoxy) is 1. The Balaban J connectivity index is 1.84. The number of nitrogens with zero attached hydrogens (tertiary/aromatic N) is 3. The van der Waals surface area contributed by atoms with Crippen molar-refractivity contribution in [3.63, 3.8) is 0 Å². The van der Waals surface area contributed by atoms with E-state index in [1.54, 1.807) is 18.9 Å². The zero-order valence-corrected chi connectivity index (χ0v) is 16.0. The predicted molar refractivity (Wildman–Crippen MR) is 103 cm³/mol. The second-order valence-corrected chi connectivity index (χ2v) is 7.29. The summed E-state index contributed by atoms with van der Waals surface area (Å²) in [5.41, 5.74) is 2.24. The third-order valence-electron chi connectivity index (χ3n) is 3.81. The Morgan fingerprint density at radius 2 is 1.72 bits per heavy atom. The van der Waals surface area contributed by atoms with Crippen molar-refractivity contribution in [1.82, 2.24) is 14.8 Å². The molecule has 0 bridgehead atoms. The molecule has 0 fully saturated rings. The van der Waals surface area contributed by atoms with E-state index in [9.17, 15) is 0 Å². The second kappa shape index (κ2) is 7.93. The fourth-order valence-electron chi connectivity index (χ4n) is 2.51. The predicted octanol–water partition coefficient (Wildman–Crippen LogP) is 5.48. The van der Waals surface area contributed by atoms with Crippen LogP contribution < -0.4 is 4.74 Å². The smallest absolute Gasteiger partial charge is 0.192 e. The van der Waals surface area contributed by atoms with E-state index >= 15 is 0 Å². The standard InChI is InChI=1S/C19H20ClN3OS/c1-13(2)23-18(15-6-10-17(24-3)11-7-15)21-22-19(23)25-12-14-4-8-16(20)9-5-14/h4-11,13H,12H2,1-3H3. The quantitative estimate of drug-likeness (QED) is 0.536. The molecule has 0 N–H and O–H groups in total. The van der Waals surface area contributed by atoms with Gasteiger partial charge in [-0.15, -0.1) is 10.2 Å². The molecule has 0 spiro atoms. The maximum Gasteiger partial charge on any atom is 0.192 e. The number of halogens is 1. The van der Waals surface area contributed by atoms with Crippen LogP contribution in [0.4, 0.5) is 0 Å². The van der Waals surface area contributed by atoms with Crippen LogP contribution in [0.25, 0.3) is 11.4 Å².